The number of carbonyl (C=O) groups excluding carboxylic acids is 1. The van der Waals surface area contributed by atoms with Gasteiger partial charge in [0.05, 0.1) is 0 Å². The van der Waals surface area contributed by atoms with Crippen LogP contribution in [0.1, 0.15) is 47.5 Å². The predicted molar refractivity (Wildman–Crippen MR) is 97.5 cm³/mol. The lowest BCUT2D eigenvalue weighted by atomic mass is 10.1. The molecule has 0 aromatic heterocycles. The summed E-state index contributed by atoms with van der Waals surface area (Å²) >= 11 is 1.71. The molecule has 0 aromatic carbocycles. The molecule has 3 nitrogen and oxygen atoms in total. The van der Waals surface area contributed by atoms with E-state index < -0.39 is 0 Å². The number of nitrogens with two attached hydrogens (primary N) is 1. The van der Waals surface area contributed by atoms with E-state index in [0.717, 1.165) is 17.6 Å². The van der Waals surface area contributed by atoms with Crippen molar-refractivity contribution >= 4 is 17.7 Å². The third-order valence-electron chi connectivity index (χ3n) is 3.20. The van der Waals surface area contributed by atoms with Crippen molar-refractivity contribution in [3.8, 4) is 0 Å². The van der Waals surface area contributed by atoms with Gasteiger partial charge in [-0.25, -0.2) is 0 Å². The van der Waals surface area contributed by atoms with Gasteiger partial charge in [0.2, 0.25) is 0 Å². The van der Waals surface area contributed by atoms with E-state index in [1.54, 1.807) is 17.8 Å². The Balaban J connectivity index is 4.99. The minimum Gasteiger partial charge on any atom is -0.458 e. The molecule has 0 saturated heterocycles. The summed E-state index contributed by atoms with van der Waals surface area (Å²) in [4.78, 5) is 11.3. The first kappa shape index (κ1) is 20.6. The van der Waals surface area contributed by atoms with Gasteiger partial charge in [-0.15, -0.1) is 11.8 Å². The van der Waals surface area contributed by atoms with Crippen LogP contribution >= 0.6 is 11.8 Å². The molecule has 4 heteroatoms. The highest BCUT2D eigenvalue weighted by Crippen LogP contribution is 2.18. The zero-order valence-corrected chi connectivity index (χ0v) is 15.2. The lowest BCUT2D eigenvalue weighted by Gasteiger charge is -2.17. The van der Waals surface area contributed by atoms with Gasteiger partial charge < -0.3 is 10.5 Å². The fourth-order valence-corrected chi connectivity index (χ4v) is 2.23. The largest absolute Gasteiger partial charge is 0.458 e. The highest BCUT2D eigenvalue weighted by molar-refractivity contribution is 8.02. The molecule has 0 fully saturated rings. The molecular weight excluding hydrogens is 294 g/mol. The molecule has 0 bridgehead atoms. The van der Waals surface area contributed by atoms with E-state index >= 15 is 0 Å². The highest BCUT2D eigenvalue weighted by Gasteiger charge is 2.13. The fraction of sp³-hybridized carbons (Fsp3) is 0.500. The average molecular weight is 324 g/mol. The van der Waals surface area contributed by atoms with E-state index in [2.05, 4.69) is 20.4 Å². The Bertz CT molecular complexity index is 464. The molecule has 0 aliphatic heterocycles. The summed E-state index contributed by atoms with van der Waals surface area (Å²) in [6, 6.07) is 0. The second kappa shape index (κ2) is 11.2. The minimum atomic E-state index is -0.298. The number of allylic oxidation sites excluding steroid dienone is 3. The summed E-state index contributed by atoms with van der Waals surface area (Å²) in [5.74, 6) is -0.293. The maximum absolute atomic E-state index is 11.3. The zero-order chi connectivity index (χ0) is 17.1. The Morgan fingerprint density at radius 1 is 1.36 bits per heavy atom. The smallest absolute Gasteiger partial charge is 0.303 e. The van der Waals surface area contributed by atoms with Crippen LogP contribution in [0.25, 0.3) is 0 Å². The average Bonchev–Trinajstić information content (AvgIpc) is 2.47. The van der Waals surface area contributed by atoms with Crippen molar-refractivity contribution in [2.24, 2.45) is 5.73 Å². The molecule has 124 valence electrons. The highest BCUT2D eigenvalue weighted by atomic mass is 32.2. The van der Waals surface area contributed by atoms with Crippen molar-refractivity contribution < 1.29 is 9.53 Å². The van der Waals surface area contributed by atoms with Gasteiger partial charge in [0.15, 0.2) is 0 Å². The normalized spacial score (nSPS) is 16.1. The number of carbonyl (C=O) groups is 1. The van der Waals surface area contributed by atoms with Crippen molar-refractivity contribution in [1.82, 2.24) is 0 Å². The lowest BCUT2D eigenvalue weighted by molar-refractivity contribution is -0.144. The SMILES string of the molecule is C=C/C(C)=C\C[C@H](OC(C)=O)/C(C)=C/C(N)=C/SC(C)CC. The summed E-state index contributed by atoms with van der Waals surface area (Å²) in [5, 5.41) is 2.49. The quantitative estimate of drug-likeness (QED) is 0.493. The number of ether oxygens (including phenoxy) is 1. The molecule has 0 aliphatic rings. The maximum Gasteiger partial charge on any atom is 0.303 e. The third-order valence-corrected chi connectivity index (χ3v) is 4.40. The van der Waals surface area contributed by atoms with Crippen LogP contribution in [0.4, 0.5) is 0 Å². The molecule has 0 spiro atoms. The van der Waals surface area contributed by atoms with Crippen LogP contribution in [0.3, 0.4) is 0 Å². The number of esters is 1. The molecule has 0 aliphatic carbocycles. The second-order valence-corrected chi connectivity index (χ2v) is 6.66. The van der Waals surface area contributed by atoms with Crippen LogP contribution in [0, 0.1) is 0 Å². The first-order valence-corrected chi connectivity index (χ1v) is 8.50. The Morgan fingerprint density at radius 3 is 2.50 bits per heavy atom. The lowest BCUT2D eigenvalue weighted by Crippen LogP contribution is -2.17. The van der Waals surface area contributed by atoms with Crippen molar-refractivity contribution in [2.75, 3.05) is 0 Å². The van der Waals surface area contributed by atoms with Gasteiger partial charge >= 0.3 is 5.97 Å². The number of rotatable bonds is 9. The first-order valence-electron chi connectivity index (χ1n) is 7.55. The maximum atomic E-state index is 11.3. The molecular formula is C18H29NO2S. The van der Waals surface area contributed by atoms with E-state index in [1.165, 1.54) is 6.92 Å². The van der Waals surface area contributed by atoms with E-state index in [4.69, 9.17) is 10.5 Å². The molecule has 22 heavy (non-hydrogen) atoms. The van der Waals surface area contributed by atoms with E-state index in [0.29, 0.717) is 17.4 Å². The van der Waals surface area contributed by atoms with Crippen LogP contribution in [-0.2, 0) is 9.53 Å². The van der Waals surface area contributed by atoms with Crippen LogP contribution < -0.4 is 5.73 Å². The first-order chi connectivity index (χ1) is 10.3. The van der Waals surface area contributed by atoms with Gasteiger partial charge in [0.1, 0.15) is 6.10 Å². The zero-order valence-electron chi connectivity index (χ0n) is 14.4. The van der Waals surface area contributed by atoms with Gasteiger partial charge in [0, 0.05) is 24.3 Å². The Hall–Kier alpha value is -1.42. The molecule has 0 rings (SSSR count). The Kier molecular flexibility index (Phi) is 10.5. The third kappa shape index (κ3) is 9.50. The molecule has 0 heterocycles. The van der Waals surface area contributed by atoms with Crippen LogP contribution in [0.5, 0.6) is 0 Å². The summed E-state index contributed by atoms with van der Waals surface area (Å²) < 4.78 is 5.38. The molecule has 0 amide bonds. The topological polar surface area (TPSA) is 52.3 Å². The van der Waals surface area contributed by atoms with Gasteiger partial charge in [0.25, 0.3) is 0 Å². The molecule has 0 aromatic rings. The van der Waals surface area contributed by atoms with Gasteiger partial charge in [-0.1, -0.05) is 38.2 Å². The van der Waals surface area contributed by atoms with E-state index in [-0.39, 0.29) is 12.1 Å². The number of hydrogen-bond acceptors (Lipinski definition) is 4. The van der Waals surface area contributed by atoms with Crippen molar-refractivity contribution in [3.05, 3.63) is 47.1 Å². The standard InChI is InChI=1S/C18H29NO2S/c1-7-13(3)9-10-18(21-16(6)20)14(4)11-17(19)12-22-15(5)8-2/h7,9,11-12,15,18H,1,8,10,19H2,2-6H3/b13-9-,14-11+,17-12-/t15?,18-/m0/s1. The fourth-order valence-electron chi connectivity index (χ4n) is 1.58. The number of hydrogen-bond donors (Lipinski definition) is 1. The Labute approximate surface area is 139 Å². The molecule has 0 radical (unpaired) electrons. The Morgan fingerprint density at radius 2 is 2.00 bits per heavy atom. The van der Waals surface area contributed by atoms with Gasteiger partial charge in [-0.2, -0.15) is 0 Å². The molecule has 2 N–H and O–H groups in total. The molecule has 2 atom stereocenters. The summed E-state index contributed by atoms with van der Waals surface area (Å²) in [5.41, 5.74) is 8.69. The summed E-state index contributed by atoms with van der Waals surface area (Å²) in [6.45, 7) is 13.3. The minimum absolute atomic E-state index is 0.293. The molecule has 1 unspecified atom stereocenters. The van der Waals surface area contributed by atoms with Gasteiger partial charge in [-0.3, -0.25) is 4.79 Å². The monoisotopic (exact) mass is 323 g/mol. The summed E-state index contributed by atoms with van der Waals surface area (Å²) in [6.07, 6.45) is 7.07. The van der Waals surface area contributed by atoms with Crippen LogP contribution in [-0.4, -0.2) is 17.3 Å². The van der Waals surface area contributed by atoms with Crippen molar-refractivity contribution in [1.29, 1.82) is 0 Å². The molecule has 0 saturated carbocycles. The van der Waals surface area contributed by atoms with Crippen LogP contribution in [0.15, 0.2) is 47.1 Å². The van der Waals surface area contributed by atoms with Gasteiger partial charge in [-0.05, 0) is 37.3 Å². The van der Waals surface area contributed by atoms with Crippen LogP contribution in [0.2, 0.25) is 0 Å². The van der Waals surface area contributed by atoms with E-state index in [9.17, 15) is 4.79 Å². The predicted octanol–water partition coefficient (Wildman–Crippen LogP) is 4.72. The van der Waals surface area contributed by atoms with E-state index in [1.807, 2.05) is 31.4 Å². The number of thioether (sulfide) groups is 1. The second-order valence-electron chi connectivity index (χ2n) is 5.35. The van der Waals surface area contributed by atoms with Crippen molar-refractivity contribution in [3.63, 3.8) is 0 Å². The summed E-state index contributed by atoms with van der Waals surface area (Å²) in [7, 11) is 0. The van der Waals surface area contributed by atoms with Crippen molar-refractivity contribution in [2.45, 2.75) is 58.8 Å².